The van der Waals surface area contributed by atoms with Gasteiger partial charge in [0, 0.05) is 22.9 Å². The number of nitrogens with zero attached hydrogens (tertiary/aromatic N) is 2. The number of aliphatic imine (C=N–C) groups is 1. The zero-order valence-electron chi connectivity index (χ0n) is 12.7. The summed E-state index contributed by atoms with van der Waals surface area (Å²) in [6, 6.07) is 11.0. The third-order valence-electron chi connectivity index (χ3n) is 5.03. The molecule has 2 aromatic rings. The molecule has 0 radical (unpaired) electrons. The Morgan fingerprint density at radius 2 is 2.09 bits per heavy atom. The lowest BCUT2D eigenvalue weighted by molar-refractivity contribution is 0.789. The number of aromatic nitrogens is 1. The van der Waals surface area contributed by atoms with Crippen LogP contribution in [0.1, 0.15) is 16.1 Å². The van der Waals surface area contributed by atoms with E-state index in [0.29, 0.717) is 11.2 Å². The van der Waals surface area contributed by atoms with Crippen molar-refractivity contribution >= 4 is 33.8 Å². The fraction of sp³-hybridized carbons (Fsp3) is 0.222. The van der Waals surface area contributed by atoms with Crippen molar-refractivity contribution in [2.24, 2.45) is 10.4 Å². The molecule has 3 atom stereocenters. The molecule has 1 aromatic carbocycles. The van der Waals surface area contributed by atoms with E-state index in [1.54, 1.807) is 11.3 Å². The lowest BCUT2D eigenvalue weighted by Gasteiger charge is -2.18. The number of hydrogen-bond acceptors (Lipinski definition) is 5. The lowest BCUT2D eigenvalue weighted by Crippen LogP contribution is -2.12. The van der Waals surface area contributed by atoms with Gasteiger partial charge < -0.3 is 11.1 Å². The minimum absolute atomic E-state index is 0.0643. The number of dihydropyridines is 1. The average molecular weight is 320 g/mol. The van der Waals surface area contributed by atoms with Crippen LogP contribution >= 0.6 is 11.3 Å². The van der Waals surface area contributed by atoms with Gasteiger partial charge in [0.05, 0.1) is 23.2 Å². The van der Waals surface area contributed by atoms with Crippen LogP contribution in [0.25, 0.3) is 11.1 Å². The first-order chi connectivity index (χ1) is 11.2. The van der Waals surface area contributed by atoms with Gasteiger partial charge in [-0.1, -0.05) is 36.4 Å². The summed E-state index contributed by atoms with van der Waals surface area (Å²) in [6.07, 6.45) is 6.47. The van der Waals surface area contributed by atoms with Crippen molar-refractivity contribution in [3.05, 3.63) is 58.7 Å². The van der Waals surface area contributed by atoms with Crippen LogP contribution in [0.4, 0.5) is 5.13 Å². The van der Waals surface area contributed by atoms with Crippen LogP contribution < -0.4 is 11.1 Å². The summed E-state index contributed by atoms with van der Waals surface area (Å²) in [7, 11) is 0. The van der Waals surface area contributed by atoms with Crippen LogP contribution in [0.3, 0.4) is 0 Å². The zero-order valence-corrected chi connectivity index (χ0v) is 13.5. The molecular weight excluding hydrogens is 304 g/mol. The van der Waals surface area contributed by atoms with E-state index in [0.717, 1.165) is 5.69 Å². The molecule has 1 fully saturated rings. The van der Waals surface area contributed by atoms with Crippen molar-refractivity contribution in [3.63, 3.8) is 0 Å². The molecule has 5 heteroatoms. The molecule has 0 amide bonds. The van der Waals surface area contributed by atoms with Crippen molar-refractivity contribution in [1.82, 2.24) is 10.3 Å². The van der Waals surface area contributed by atoms with Gasteiger partial charge >= 0.3 is 0 Å². The highest BCUT2D eigenvalue weighted by Crippen LogP contribution is 2.64. The van der Waals surface area contributed by atoms with E-state index in [2.05, 4.69) is 53.8 Å². The lowest BCUT2D eigenvalue weighted by atomic mass is 9.88. The summed E-state index contributed by atoms with van der Waals surface area (Å²) in [6.45, 7) is 2.08. The van der Waals surface area contributed by atoms with E-state index >= 15 is 0 Å². The van der Waals surface area contributed by atoms with Gasteiger partial charge in [0.15, 0.2) is 5.13 Å². The number of anilines is 1. The van der Waals surface area contributed by atoms with Crippen LogP contribution in [0.2, 0.25) is 0 Å². The first kappa shape index (κ1) is 13.1. The Balaban J connectivity index is 1.62. The van der Waals surface area contributed by atoms with Crippen LogP contribution in [0, 0.1) is 12.3 Å². The number of hydrogen-bond donors (Lipinski definition) is 2. The standard InChI is InChI=1S/C18H16N4S/c1-10-14(22-17(19)23-10)13-9-21-16-15-18(13,16)7-12(8-20-15)11-5-3-2-4-6-11/h2-9,15-16,21H,1H3,(H2,19,22). The predicted molar refractivity (Wildman–Crippen MR) is 95.3 cm³/mol. The highest BCUT2D eigenvalue weighted by Gasteiger charge is 2.70. The Hall–Kier alpha value is -2.40. The number of nitrogen functional groups attached to an aromatic ring is 1. The summed E-state index contributed by atoms with van der Waals surface area (Å²) in [5.41, 5.74) is 10.5. The maximum absolute atomic E-state index is 5.90. The van der Waals surface area contributed by atoms with Crippen molar-refractivity contribution in [2.45, 2.75) is 19.0 Å². The van der Waals surface area contributed by atoms with E-state index in [1.165, 1.54) is 21.6 Å². The second-order valence-electron chi connectivity index (χ2n) is 6.28. The molecule has 0 saturated heterocycles. The smallest absolute Gasteiger partial charge is 0.180 e. The average Bonchev–Trinajstić information content (AvgIpc) is 2.87. The predicted octanol–water partition coefficient (Wildman–Crippen LogP) is 2.88. The van der Waals surface area contributed by atoms with Crippen LogP contribution in [-0.4, -0.2) is 23.3 Å². The molecule has 3 aliphatic rings. The zero-order chi connectivity index (χ0) is 15.6. The Morgan fingerprint density at radius 3 is 2.83 bits per heavy atom. The molecule has 4 nitrogen and oxygen atoms in total. The molecule has 0 bridgehead atoms. The van der Waals surface area contributed by atoms with Gasteiger partial charge in [0.1, 0.15) is 0 Å². The molecule has 3 N–H and O–H groups in total. The summed E-state index contributed by atoms with van der Waals surface area (Å²) in [5, 5.41) is 4.11. The highest BCUT2D eigenvalue weighted by atomic mass is 32.1. The fourth-order valence-corrected chi connectivity index (χ4v) is 4.59. The Kier molecular flexibility index (Phi) is 2.46. The normalized spacial score (nSPS) is 30.1. The van der Waals surface area contributed by atoms with Gasteiger partial charge in [-0.3, -0.25) is 4.99 Å². The second-order valence-corrected chi connectivity index (χ2v) is 7.52. The van der Waals surface area contributed by atoms with E-state index in [9.17, 15) is 0 Å². The molecule has 3 heterocycles. The topological polar surface area (TPSA) is 63.3 Å². The second kappa shape index (κ2) is 4.32. The van der Waals surface area contributed by atoms with Gasteiger partial charge in [-0.2, -0.15) is 0 Å². The summed E-state index contributed by atoms with van der Waals surface area (Å²) in [4.78, 5) is 10.5. The number of nitrogens with two attached hydrogens (primary N) is 1. The first-order valence-electron chi connectivity index (χ1n) is 7.71. The summed E-state index contributed by atoms with van der Waals surface area (Å²) in [5.74, 6) is 0. The number of thiazole rings is 1. The van der Waals surface area contributed by atoms with Crippen molar-refractivity contribution in [2.75, 3.05) is 5.73 Å². The largest absolute Gasteiger partial charge is 0.384 e. The van der Waals surface area contributed by atoms with Crippen LogP contribution in [0.5, 0.6) is 0 Å². The number of aryl methyl sites for hydroxylation is 1. The van der Waals surface area contributed by atoms with E-state index in [4.69, 9.17) is 10.7 Å². The molecule has 1 aliphatic carbocycles. The third kappa shape index (κ3) is 1.65. The van der Waals surface area contributed by atoms with Gasteiger partial charge in [-0.25, -0.2) is 4.98 Å². The molecule has 2 aliphatic heterocycles. The molecule has 5 rings (SSSR count). The molecule has 1 aromatic heterocycles. The van der Waals surface area contributed by atoms with Gasteiger partial charge in [0.25, 0.3) is 0 Å². The van der Waals surface area contributed by atoms with E-state index < -0.39 is 0 Å². The highest BCUT2D eigenvalue weighted by molar-refractivity contribution is 7.15. The number of allylic oxidation sites excluding steroid dienone is 1. The minimum Gasteiger partial charge on any atom is -0.384 e. The summed E-state index contributed by atoms with van der Waals surface area (Å²) >= 11 is 1.55. The molecule has 3 unspecified atom stereocenters. The van der Waals surface area contributed by atoms with E-state index in [-0.39, 0.29) is 11.5 Å². The molecule has 23 heavy (non-hydrogen) atoms. The number of benzene rings is 1. The monoisotopic (exact) mass is 320 g/mol. The first-order valence-corrected chi connectivity index (χ1v) is 8.53. The van der Waals surface area contributed by atoms with Gasteiger partial charge in [-0.05, 0) is 18.1 Å². The van der Waals surface area contributed by atoms with Crippen LogP contribution in [0.15, 0.2) is 47.6 Å². The maximum atomic E-state index is 5.90. The van der Waals surface area contributed by atoms with Crippen molar-refractivity contribution in [1.29, 1.82) is 0 Å². The fourth-order valence-electron chi connectivity index (χ4n) is 3.89. The Morgan fingerprint density at radius 1 is 1.26 bits per heavy atom. The quantitative estimate of drug-likeness (QED) is 0.894. The third-order valence-corrected chi connectivity index (χ3v) is 5.83. The molecule has 114 valence electrons. The minimum atomic E-state index is -0.0643. The van der Waals surface area contributed by atoms with Crippen molar-refractivity contribution in [3.8, 4) is 0 Å². The Bertz CT molecular complexity index is 893. The molecule has 1 saturated carbocycles. The number of nitrogens with one attached hydrogen (secondary N) is 1. The Labute approximate surface area is 138 Å². The van der Waals surface area contributed by atoms with Crippen molar-refractivity contribution < 1.29 is 0 Å². The maximum Gasteiger partial charge on any atom is 0.180 e. The molecular formula is C18H16N4S. The number of fused-ring (bicyclic) bond motifs is 1. The van der Waals surface area contributed by atoms with E-state index in [1.807, 2.05) is 12.3 Å². The summed E-state index contributed by atoms with van der Waals surface area (Å²) < 4.78 is 0. The molecule has 1 spiro atoms. The van der Waals surface area contributed by atoms with Gasteiger partial charge in [0.2, 0.25) is 0 Å². The SMILES string of the molecule is Cc1sc(N)nc1C1=CNC2C3N=CC(c4ccccc4)=CC132. The van der Waals surface area contributed by atoms with Crippen LogP contribution in [-0.2, 0) is 0 Å². The number of rotatable bonds is 2. The van der Waals surface area contributed by atoms with Gasteiger partial charge in [-0.15, -0.1) is 11.3 Å².